The van der Waals surface area contributed by atoms with Crippen molar-refractivity contribution < 1.29 is 4.74 Å². The maximum absolute atomic E-state index is 6.17. The zero-order chi connectivity index (χ0) is 23.0. The van der Waals surface area contributed by atoms with Gasteiger partial charge in [0, 0.05) is 50.5 Å². The van der Waals surface area contributed by atoms with E-state index in [2.05, 4.69) is 62.6 Å². The molecule has 0 amide bonds. The molecule has 6 heteroatoms. The molecule has 1 atom stereocenters. The number of anilines is 2. The SMILES string of the molecule is c1ccc(COc2ccccc2CN2CCC(Nc3nccc(N4CCCCCC4)n3)C2)cc1. The van der Waals surface area contributed by atoms with Crippen LogP contribution in [0.15, 0.2) is 66.9 Å². The van der Waals surface area contributed by atoms with Crippen LogP contribution in [-0.2, 0) is 13.2 Å². The van der Waals surface area contributed by atoms with E-state index in [4.69, 9.17) is 9.72 Å². The third-order valence-corrected chi connectivity index (χ3v) is 6.78. The minimum Gasteiger partial charge on any atom is -0.489 e. The summed E-state index contributed by atoms with van der Waals surface area (Å²) in [5, 5.41) is 3.59. The summed E-state index contributed by atoms with van der Waals surface area (Å²) in [5.41, 5.74) is 2.42. The van der Waals surface area contributed by atoms with Gasteiger partial charge in [-0.1, -0.05) is 61.4 Å². The summed E-state index contributed by atoms with van der Waals surface area (Å²) in [5.74, 6) is 2.77. The van der Waals surface area contributed by atoms with Crippen molar-refractivity contribution in [1.29, 1.82) is 0 Å². The Balaban J connectivity index is 1.16. The highest BCUT2D eigenvalue weighted by atomic mass is 16.5. The molecule has 3 heterocycles. The molecule has 2 aliphatic rings. The molecular formula is C28H35N5O. The van der Waals surface area contributed by atoms with Crippen molar-refractivity contribution in [3.05, 3.63) is 78.0 Å². The van der Waals surface area contributed by atoms with E-state index in [-0.39, 0.29) is 0 Å². The number of nitrogens with one attached hydrogen (secondary N) is 1. The number of rotatable bonds is 8. The Hall–Kier alpha value is -3.12. The number of ether oxygens (including phenoxy) is 1. The molecule has 2 aliphatic heterocycles. The van der Waals surface area contributed by atoms with Crippen molar-refractivity contribution in [3.63, 3.8) is 0 Å². The van der Waals surface area contributed by atoms with Gasteiger partial charge in [-0.2, -0.15) is 4.98 Å². The number of aromatic nitrogens is 2. The molecular weight excluding hydrogens is 422 g/mol. The van der Waals surface area contributed by atoms with Gasteiger partial charge in [-0.25, -0.2) is 4.98 Å². The third-order valence-electron chi connectivity index (χ3n) is 6.78. The Bertz CT molecular complexity index is 1040. The van der Waals surface area contributed by atoms with Crippen molar-refractivity contribution in [2.75, 3.05) is 36.4 Å². The maximum atomic E-state index is 6.17. The summed E-state index contributed by atoms with van der Waals surface area (Å²) in [4.78, 5) is 14.3. The quantitative estimate of drug-likeness (QED) is 0.507. The minimum absolute atomic E-state index is 0.358. The lowest BCUT2D eigenvalue weighted by Crippen LogP contribution is -2.28. The zero-order valence-corrected chi connectivity index (χ0v) is 19.9. The molecule has 1 aromatic heterocycles. The van der Waals surface area contributed by atoms with Gasteiger partial charge in [0.25, 0.3) is 0 Å². The van der Waals surface area contributed by atoms with Crippen molar-refractivity contribution in [2.45, 2.75) is 51.3 Å². The van der Waals surface area contributed by atoms with Gasteiger partial charge < -0.3 is 15.0 Å². The van der Waals surface area contributed by atoms with Crippen LogP contribution in [0.3, 0.4) is 0 Å². The number of hydrogen-bond acceptors (Lipinski definition) is 6. The minimum atomic E-state index is 0.358. The van der Waals surface area contributed by atoms with Crippen molar-refractivity contribution in [2.24, 2.45) is 0 Å². The maximum Gasteiger partial charge on any atom is 0.224 e. The lowest BCUT2D eigenvalue weighted by Gasteiger charge is -2.22. The van der Waals surface area contributed by atoms with Gasteiger partial charge in [0.2, 0.25) is 5.95 Å². The lowest BCUT2D eigenvalue weighted by atomic mass is 10.2. The van der Waals surface area contributed by atoms with Gasteiger partial charge in [-0.3, -0.25) is 4.90 Å². The van der Waals surface area contributed by atoms with Crippen LogP contribution in [0.5, 0.6) is 5.75 Å². The fraction of sp³-hybridized carbons (Fsp3) is 0.429. The first-order chi connectivity index (χ1) is 16.8. The number of nitrogens with zero attached hydrogens (tertiary/aromatic N) is 4. The molecule has 0 bridgehead atoms. The number of benzene rings is 2. The molecule has 0 saturated carbocycles. The van der Waals surface area contributed by atoms with Crippen LogP contribution in [0.1, 0.15) is 43.2 Å². The van der Waals surface area contributed by atoms with Crippen LogP contribution in [-0.4, -0.2) is 47.1 Å². The molecule has 178 valence electrons. The first-order valence-corrected chi connectivity index (χ1v) is 12.6. The van der Waals surface area contributed by atoms with E-state index in [1.54, 1.807) is 0 Å². The predicted octanol–water partition coefficient (Wildman–Crippen LogP) is 5.12. The van der Waals surface area contributed by atoms with Gasteiger partial charge in [0.1, 0.15) is 18.2 Å². The van der Waals surface area contributed by atoms with Gasteiger partial charge >= 0.3 is 0 Å². The largest absolute Gasteiger partial charge is 0.489 e. The predicted molar refractivity (Wildman–Crippen MR) is 137 cm³/mol. The van der Waals surface area contributed by atoms with E-state index in [0.29, 0.717) is 12.6 Å². The van der Waals surface area contributed by atoms with Crippen LogP contribution < -0.4 is 15.0 Å². The fourth-order valence-electron chi connectivity index (χ4n) is 4.92. The Morgan fingerprint density at radius 3 is 2.53 bits per heavy atom. The monoisotopic (exact) mass is 457 g/mol. The molecule has 0 spiro atoms. The Morgan fingerprint density at radius 2 is 1.68 bits per heavy atom. The van der Waals surface area contributed by atoms with E-state index in [0.717, 1.165) is 56.7 Å². The average Bonchev–Trinajstić information content (AvgIpc) is 3.13. The van der Waals surface area contributed by atoms with Crippen LogP contribution in [0.25, 0.3) is 0 Å². The van der Waals surface area contributed by atoms with E-state index in [1.165, 1.54) is 36.8 Å². The first kappa shape index (κ1) is 22.7. The van der Waals surface area contributed by atoms with E-state index < -0.39 is 0 Å². The molecule has 6 nitrogen and oxygen atoms in total. The number of likely N-dealkylation sites (tertiary alicyclic amines) is 1. The van der Waals surface area contributed by atoms with Crippen molar-refractivity contribution >= 4 is 11.8 Å². The smallest absolute Gasteiger partial charge is 0.224 e. The van der Waals surface area contributed by atoms with E-state index >= 15 is 0 Å². The van der Waals surface area contributed by atoms with Crippen LogP contribution >= 0.6 is 0 Å². The highest BCUT2D eigenvalue weighted by Gasteiger charge is 2.24. The molecule has 0 radical (unpaired) electrons. The lowest BCUT2D eigenvalue weighted by molar-refractivity contribution is 0.285. The fourth-order valence-corrected chi connectivity index (χ4v) is 4.92. The topological polar surface area (TPSA) is 53.5 Å². The summed E-state index contributed by atoms with van der Waals surface area (Å²) in [6, 6.07) is 21.1. The Kier molecular flexibility index (Phi) is 7.56. The van der Waals surface area contributed by atoms with Crippen molar-refractivity contribution in [3.8, 4) is 5.75 Å². The first-order valence-electron chi connectivity index (χ1n) is 12.6. The second kappa shape index (κ2) is 11.3. The molecule has 0 aliphatic carbocycles. The Morgan fingerprint density at radius 1 is 0.882 bits per heavy atom. The summed E-state index contributed by atoms with van der Waals surface area (Å²) >= 11 is 0. The third kappa shape index (κ3) is 6.06. The van der Waals surface area contributed by atoms with Crippen molar-refractivity contribution in [1.82, 2.24) is 14.9 Å². The van der Waals surface area contributed by atoms with Crippen LogP contribution in [0, 0.1) is 0 Å². The second-order valence-corrected chi connectivity index (χ2v) is 9.39. The van der Waals surface area contributed by atoms with Gasteiger partial charge in [0.15, 0.2) is 0 Å². The van der Waals surface area contributed by atoms with Gasteiger partial charge in [0.05, 0.1) is 0 Å². The van der Waals surface area contributed by atoms with Crippen LogP contribution in [0.2, 0.25) is 0 Å². The molecule has 2 saturated heterocycles. The summed E-state index contributed by atoms with van der Waals surface area (Å²) < 4.78 is 6.17. The molecule has 1 unspecified atom stereocenters. The summed E-state index contributed by atoms with van der Waals surface area (Å²) in [6.45, 7) is 5.70. The van der Waals surface area contributed by atoms with Gasteiger partial charge in [-0.15, -0.1) is 0 Å². The number of para-hydroxylation sites is 1. The standard InChI is InChI=1S/C28H35N5O/c1-2-9-18-33(17-8-1)27-14-16-29-28(31-27)30-25-15-19-32(21-25)20-24-12-6-7-13-26(24)34-22-23-10-4-3-5-11-23/h3-7,10-14,16,25H,1-2,8-9,15,17-22H2,(H,29,30,31). The molecule has 3 aromatic rings. The molecule has 34 heavy (non-hydrogen) atoms. The number of hydrogen-bond donors (Lipinski definition) is 1. The molecule has 2 aromatic carbocycles. The highest BCUT2D eigenvalue weighted by molar-refractivity contribution is 5.43. The normalized spacial score (nSPS) is 19.1. The summed E-state index contributed by atoms with van der Waals surface area (Å²) in [7, 11) is 0. The zero-order valence-electron chi connectivity index (χ0n) is 19.9. The van der Waals surface area contributed by atoms with Crippen LogP contribution in [0.4, 0.5) is 11.8 Å². The van der Waals surface area contributed by atoms with E-state index in [9.17, 15) is 0 Å². The molecule has 2 fully saturated rings. The second-order valence-electron chi connectivity index (χ2n) is 9.39. The average molecular weight is 458 g/mol. The highest BCUT2D eigenvalue weighted by Crippen LogP contribution is 2.24. The van der Waals surface area contributed by atoms with E-state index in [1.807, 2.05) is 24.4 Å². The Labute approximate surface area is 203 Å². The molecule has 1 N–H and O–H groups in total. The molecule has 5 rings (SSSR count). The van der Waals surface area contributed by atoms with Gasteiger partial charge in [-0.05, 0) is 37.0 Å². The summed E-state index contributed by atoms with van der Waals surface area (Å²) in [6.07, 6.45) is 8.13.